The van der Waals surface area contributed by atoms with E-state index >= 15 is 0 Å². The Morgan fingerprint density at radius 3 is 2.22 bits per heavy atom. The molecule has 0 fully saturated rings. The summed E-state index contributed by atoms with van der Waals surface area (Å²) >= 11 is 5.89. The molecule has 2 rings (SSSR count). The zero-order valence-corrected chi connectivity index (χ0v) is 14.6. The van der Waals surface area contributed by atoms with Gasteiger partial charge in [0.1, 0.15) is 22.2 Å². The average molecular weight is 456 g/mol. The summed E-state index contributed by atoms with van der Waals surface area (Å²) in [6, 6.07) is 0. The second kappa shape index (κ2) is 6.66. The van der Waals surface area contributed by atoms with Crippen molar-refractivity contribution < 1.29 is 28.9 Å². The molecule has 0 saturated carbocycles. The smallest absolute Gasteiger partial charge is 0.330 e. The van der Waals surface area contributed by atoms with Crippen LogP contribution in [0.3, 0.4) is 0 Å². The summed E-state index contributed by atoms with van der Waals surface area (Å²) < 4.78 is 15.2. The number of rotatable bonds is 4. The first kappa shape index (κ1) is 17.4. The second-order valence-electron chi connectivity index (χ2n) is 4.35. The first-order valence-electron chi connectivity index (χ1n) is 6.00. The third-order valence-electron chi connectivity index (χ3n) is 2.78. The van der Waals surface area contributed by atoms with Crippen molar-refractivity contribution in [3.63, 3.8) is 0 Å². The summed E-state index contributed by atoms with van der Waals surface area (Å²) in [5.74, 6) is -1.30. The van der Waals surface area contributed by atoms with Gasteiger partial charge >= 0.3 is 17.3 Å². The largest absolute Gasteiger partial charge is 0.480 e. The lowest BCUT2D eigenvalue weighted by Crippen LogP contribution is -2.34. The summed E-state index contributed by atoms with van der Waals surface area (Å²) in [7, 11) is 0. The fourth-order valence-electron chi connectivity index (χ4n) is 1.86. The van der Waals surface area contributed by atoms with Gasteiger partial charge in [0.25, 0.3) is 0 Å². The standard InChI is InChI=1S/C11H8Br2N2O8/c1-4(16)21-2-5-3-22-10-8(14(17)18)6(12)7(13)9(15(19)20)11(10)23-5/h5H,2-3H2,1H3. The highest BCUT2D eigenvalue weighted by molar-refractivity contribution is 9.13. The van der Waals surface area contributed by atoms with Gasteiger partial charge in [0.05, 0.1) is 9.85 Å². The third-order valence-corrected chi connectivity index (χ3v) is 4.86. The highest BCUT2D eigenvalue weighted by Gasteiger charge is 2.41. The quantitative estimate of drug-likeness (QED) is 0.384. The van der Waals surface area contributed by atoms with Crippen LogP contribution in [-0.4, -0.2) is 35.1 Å². The minimum absolute atomic E-state index is 0.130. The molecule has 12 heteroatoms. The summed E-state index contributed by atoms with van der Waals surface area (Å²) in [5.41, 5.74) is -1.02. The number of nitro groups is 2. The third kappa shape index (κ3) is 3.37. The molecule has 124 valence electrons. The highest BCUT2D eigenvalue weighted by atomic mass is 79.9. The fourth-order valence-corrected chi connectivity index (χ4v) is 2.89. The molecule has 10 nitrogen and oxygen atoms in total. The molecule has 0 radical (unpaired) electrons. The van der Waals surface area contributed by atoms with Gasteiger partial charge in [0.15, 0.2) is 6.10 Å². The van der Waals surface area contributed by atoms with E-state index in [1.807, 2.05) is 0 Å². The fraction of sp³-hybridized carbons (Fsp3) is 0.364. The number of hydrogen-bond donors (Lipinski definition) is 0. The maximum atomic E-state index is 11.3. The van der Waals surface area contributed by atoms with Gasteiger partial charge in [-0.25, -0.2) is 0 Å². The Labute approximate surface area is 145 Å². The van der Waals surface area contributed by atoms with E-state index in [1.165, 1.54) is 6.92 Å². The Morgan fingerprint density at radius 2 is 1.74 bits per heavy atom. The van der Waals surface area contributed by atoms with Crippen LogP contribution in [-0.2, 0) is 9.53 Å². The van der Waals surface area contributed by atoms with Crippen molar-refractivity contribution in [1.29, 1.82) is 0 Å². The molecule has 0 spiro atoms. The molecule has 0 bridgehead atoms. The van der Waals surface area contributed by atoms with Crippen LogP contribution in [0.25, 0.3) is 0 Å². The van der Waals surface area contributed by atoms with Crippen molar-refractivity contribution in [1.82, 2.24) is 0 Å². The van der Waals surface area contributed by atoms with Crippen LogP contribution in [0.5, 0.6) is 11.5 Å². The Bertz CT molecular complexity index is 708. The van der Waals surface area contributed by atoms with Gasteiger partial charge in [-0.15, -0.1) is 0 Å². The van der Waals surface area contributed by atoms with Crippen LogP contribution in [0.1, 0.15) is 6.92 Å². The van der Waals surface area contributed by atoms with Crippen LogP contribution < -0.4 is 9.47 Å². The highest BCUT2D eigenvalue weighted by Crippen LogP contribution is 2.54. The Morgan fingerprint density at radius 1 is 1.22 bits per heavy atom. The van der Waals surface area contributed by atoms with Gasteiger partial charge in [0.2, 0.25) is 11.5 Å². The zero-order chi connectivity index (χ0) is 17.3. The Balaban J connectivity index is 2.53. The van der Waals surface area contributed by atoms with Crippen molar-refractivity contribution in [2.75, 3.05) is 13.2 Å². The number of ether oxygens (including phenoxy) is 3. The van der Waals surface area contributed by atoms with Gasteiger partial charge in [-0.3, -0.25) is 25.0 Å². The Kier molecular flexibility index (Phi) is 5.04. The number of esters is 1. The molecule has 1 aromatic rings. The lowest BCUT2D eigenvalue weighted by molar-refractivity contribution is -0.392. The number of fused-ring (bicyclic) bond motifs is 1. The van der Waals surface area contributed by atoms with Crippen molar-refractivity contribution in [3.05, 3.63) is 29.2 Å². The maximum absolute atomic E-state index is 11.3. The minimum Gasteiger partial charge on any atom is -0.480 e. The first-order chi connectivity index (χ1) is 10.7. The van der Waals surface area contributed by atoms with E-state index in [9.17, 15) is 25.0 Å². The van der Waals surface area contributed by atoms with Gasteiger partial charge in [0, 0.05) is 6.92 Å². The monoisotopic (exact) mass is 454 g/mol. The molecule has 0 saturated heterocycles. The molecule has 1 unspecified atom stereocenters. The van der Waals surface area contributed by atoms with Crippen LogP contribution in [0.2, 0.25) is 0 Å². The number of benzene rings is 1. The van der Waals surface area contributed by atoms with Gasteiger partial charge in [-0.1, -0.05) is 0 Å². The van der Waals surface area contributed by atoms with Gasteiger partial charge < -0.3 is 14.2 Å². The van der Waals surface area contributed by atoms with Crippen LogP contribution >= 0.6 is 31.9 Å². The van der Waals surface area contributed by atoms with E-state index in [0.29, 0.717) is 0 Å². The molecular weight excluding hydrogens is 448 g/mol. The van der Waals surface area contributed by atoms with Crippen LogP contribution in [0.15, 0.2) is 8.95 Å². The van der Waals surface area contributed by atoms with Crippen LogP contribution in [0, 0.1) is 20.2 Å². The minimum atomic E-state index is -0.822. The Hall–Kier alpha value is -1.95. The summed E-state index contributed by atoms with van der Waals surface area (Å²) in [4.78, 5) is 31.8. The lowest BCUT2D eigenvalue weighted by atomic mass is 10.2. The molecule has 0 amide bonds. The predicted molar refractivity (Wildman–Crippen MR) is 81.7 cm³/mol. The molecular formula is C11H8Br2N2O8. The SMILES string of the molecule is CC(=O)OCC1COc2c(c([N+](=O)[O-])c(Br)c(Br)c2[N+](=O)[O-])O1. The molecule has 1 atom stereocenters. The van der Waals surface area contributed by atoms with Gasteiger partial charge in [-0.05, 0) is 31.9 Å². The number of nitro benzene ring substituents is 2. The maximum Gasteiger partial charge on any atom is 0.330 e. The summed E-state index contributed by atoms with van der Waals surface area (Å²) in [6.07, 6.45) is -0.822. The first-order valence-corrected chi connectivity index (χ1v) is 7.59. The van der Waals surface area contributed by atoms with Gasteiger partial charge in [-0.2, -0.15) is 0 Å². The van der Waals surface area contributed by atoms with Crippen LogP contribution in [0.4, 0.5) is 11.4 Å². The summed E-state index contributed by atoms with van der Waals surface area (Å²) in [6.45, 7) is 0.832. The van der Waals surface area contributed by atoms with Crippen molar-refractivity contribution in [2.24, 2.45) is 0 Å². The molecule has 0 aromatic heterocycles. The number of carbonyl (C=O) groups is 1. The number of halogens is 2. The molecule has 23 heavy (non-hydrogen) atoms. The summed E-state index contributed by atoms with van der Waals surface area (Å²) in [5, 5.41) is 22.5. The lowest BCUT2D eigenvalue weighted by Gasteiger charge is -2.26. The molecule has 1 aliphatic heterocycles. The number of hydrogen-bond acceptors (Lipinski definition) is 8. The predicted octanol–water partition coefficient (Wildman–Crippen LogP) is 2.73. The number of nitrogens with zero attached hydrogens (tertiary/aromatic N) is 2. The average Bonchev–Trinajstić information content (AvgIpc) is 2.45. The molecule has 0 N–H and O–H groups in total. The molecule has 1 aliphatic rings. The van der Waals surface area contributed by atoms with Crippen molar-refractivity contribution >= 4 is 49.2 Å². The zero-order valence-electron chi connectivity index (χ0n) is 11.4. The van der Waals surface area contributed by atoms with Crippen molar-refractivity contribution in [3.8, 4) is 11.5 Å². The normalized spacial score (nSPS) is 15.9. The molecule has 1 heterocycles. The molecule has 1 aromatic carbocycles. The van der Waals surface area contributed by atoms with E-state index in [2.05, 4.69) is 31.9 Å². The topological polar surface area (TPSA) is 131 Å². The van der Waals surface area contributed by atoms with E-state index in [1.54, 1.807) is 0 Å². The second-order valence-corrected chi connectivity index (χ2v) is 5.94. The van der Waals surface area contributed by atoms with E-state index in [-0.39, 0.29) is 33.7 Å². The van der Waals surface area contributed by atoms with Crippen molar-refractivity contribution in [2.45, 2.75) is 13.0 Å². The van der Waals surface area contributed by atoms with E-state index in [4.69, 9.17) is 14.2 Å². The van der Waals surface area contributed by atoms with E-state index < -0.39 is 33.3 Å². The van der Waals surface area contributed by atoms with E-state index in [0.717, 1.165) is 0 Å². The number of carbonyl (C=O) groups excluding carboxylic acids is 1. The molecule has 0 aliphatic carbocycles.